The lowest BCUT2D eigenvalue weighted by atomic mass is 9.82. The number of nitrogens with two attached hydrogens (primary N) is 1. The zero-order valence-corrected chi connectivity index (χ0v) is 12.9. The number of likely N-dealkylation sites (tertiary alicyclic amines) is 1. The Hall–Kier alpha value is -0.160. The van der Waals surface area contributed by atoms with E-state index in [1.807, 2.05) is 0 Å². The fourth-order valence-electron chi connectivity index (χ4n) is 3.82. The smallest absolute Gasteiger partial charge is 0.0788 e. The van der Waals surface area contributed by atoms with Crippen molar-refractivity contribution in [3.63, 3.8) is 0 Å². The second kappa shape index (κ2) is 5.32. The van der Waals surface area contributed by atoms with Gasteiger partial charge in [0.25, 0.3) is 0 Å². The highest BCUT2D eigenvalue weighted by Crippen LogP contribution is 2.41. The number of piperidine rings is 1. The second-order valence-corrected chi connectivity index (χ2v) is 7.39. The van der Waals surface area contributed by atoms with Gasteiger partial charge in [-0.15, -0.1) is 0 Å². The first-order valence-corrected chi connectivity index (χ1v) is 7.55. The van der Waals surface area contributed by atoms with Crippen LogP contribution in [0.4, 0.5) is 0 Å². The normalized spacial score (nSPS) is 38.5. The van der Waals surface area contributed by atoms with E-state index in [9.17, 15) is 5.11 Å². The van der Waals surface area contributed by atoms with Crippen LogP contribution in [-0.2, 0) is 4.74 Å². The van der Waals surface area contributed by atoms with Crippen LogP contribution < -0.4 is 5.73 Å². The molecule has 0 aliphatic carbocycles. The van der Waals surface area contributed by atoms with Crippen LogP contribution in [0.5, 0.6) is 0 Å². The molecule has 3 N–H and O–H groups in total. The molecule has 2 rings (SSSR count). The molecular weight excluding hydrogens is 240 g/mol. The third-order valence-corrected chi connectivity index (χ3v) is 4.97. The molecule has 3 unspecified atom stereocenters. The van der Waals surface area contributed by atoms with Crippen molar-refractivity contribution in [2.45, 2.75) is 57.8 Å². The summed E-state index contributed by atoms with van der Waals surface area (Å²) in [6.45, 7) is 11.9. The zero-order chi connectivity index (χ0) is 14.3. The molecule has 0 radical (unpaired) electrons. The molecule has 0 saturated carbocycles. The summed E-state index contributed by atoms with van der Waals surface area (Å²) >= 11 is 0. The van der Waals surface area contributed by atoms with Gasteiger partial charge in [0.1, 0.15) is 0 Å². The maximum Gasteiger partial charge on any atom is 0.0788 e. The molecule has 0 aromatic rings. The van der Waals surface area contributed by atoms with Crippen LogP contribution in [0.25, 0.3) is 0 Å². The van der Waals surface area contributed by atoms with Crippen LogP contribution in [0.1, 0.15) is 40.5 Å². The van der Waals surface area contributed by atoms with Gasteiger partial charge >= 0.3 is 0 Å². The Labute approximate surface area is 117 Å². The van der Waals surface area contributed by atoms with Gasteiger partial charge in [-0.1, -0.05) is 0 Å². The van der Waals surface area contributed by atoms with E-state index >= 15 is 0 Å². The number of rotatable bonds is 3. The Morgan fingerprint density at radius 3 is 2.47 bits per heavy atom. The SMILES string of the molecule is CC1(C)OC(C)(C)C(CN2CCCC(CO)C2)C1N. The third-order valence-electron chi connectivity index (χ3n) is 4.97. The van der Waals surface area contributed by atoms with Gasteiger partial charge < -0.3 is 20.5 Å². The van der Waals surface area contributed by atoms with Crippen LogP contribution in [0, 0.1) is 11.8 Å². The van der Waals surface area contributed by atoms with Crippen molar-refractivity contribution in [3.05, 3.63) is 0 Å². The van der Waals surface area contributed by atoms with E-state index in [1.165, 1.54) is 6.42 Å². The average molecular weight is 270 g/mol. The molecule has 4 heteroatoms. The van der Waals surface area contributed by atoms with Crippen LogP contribution in [0.2, 0.25) is 0 Å². The third kappa shape index (κ3) is 3.13. The summed E-state index contributed by atoms with van der Waals surface area (Å²) in [5, 5.41) is 9.33. The predicted octanol–water partition coefficient (Wildman–Crippen LogP) is 1.22. The molecule has 0 aromatic heterocycles. The fraction of sp³-hybridized carbons (Fsp3) is 1.00. The minimum atomic E-state index is -0.250. The second-order valence-electron chi connectivity index (χ2n) is 7.39. The highest BCUT2D eigenvalue weighted by atomic mass is 16.5. The van der Waals surface area contributed by atoms with Gasteiger partial charge in [-0.25, -0.2) is 0 Å². The molecule has 2 aliphatic rings. The van der Waals surface area contributed by atoms with Crippen molar-refractivity contribution < 1.29 is 9.84 Å². The Morgan fingerprint density at radius 1 is 1.26 bits per heavy atom. The van der Waals surface area contributed by atoms with E-state index < -0.39 is 0 Å². The van der Waals surface area contributed by atoms with Gasteiger partial charge in [-0.3, -0.25) is 0 Å². The molecule has 0 bridgehead atoms. The largest absolute Gasteiger partial charge is 0.396 e. The maximum absolute atomic E-state index is 9.33. The van der Waals surface area contributed by atoms with E-state index in [2.05, 4.69) is 32.6 Å². The molecule has 2 aliphatic heterocycles. The number of ether oxygens (including phenoxy) is 1. The van der Waals surface area contributed by atoms with Gasteiger partial charge in [0.05, 0.1) is 11.2 Å². The molecular formula is C15H30N2O2. The zero-order valence-electron chi connectivity index (χ0n) is 12.9. The van der Waals surface area contributed by atoms with Gasteiger partial charge in [-0.2, -0.15) is 0 Å². The molecule has 4 nitrogen and oxygen atoms in total. The molecule has 112 valence electrons. The van der Waals surface area contributed by atoms with Crippen molar-refractivity contribution in [2.24, 2.45) is 17.6 Å². The number of hydrogen-bond donors (Lipinski definition) is 2. The van der Waals surface area contributed by atoms with Gasteiger partial charge in [0, 0.05) is 31.7 Å². The number of hydrogen-bond acceptors (Lipinski definition) is 4. The van der Waals surface area contributed by atoms with Crippen LogP contribution in [0.15, 0.2) is 0 Å². The van der Waals surface area contributed by atoms with E-state index in [-0.39, 0.29) is 17.2 Å². The molecule has 0 spiro atoms. The minimum Gasteiger partial charge on any atom is -0.396 e. The van der Waals surface area contributed by atoms with Crippen molar-refractivity contribution in [3.8, 4) is 0 Å². The topological polar surface area (TPSA) is 58.7 Å². The van der Waals surface area contributed by atoms with Crippen molar-refractivity contribution in [1.82, 2.24) is 4.90 Å². The first kappa shape index (κ1) is 15.2. The molecule has 0 amide bonds. The monoisotopic (exact) mass is 270 g/mol. The molecule has 3 atom stereocenters. The summed E-state index contributed by atoms with van der Waals surface area (Å²) in [5.41, 5.74) is 5.99. The summed E-state index contributed by atoms with van der Waals surface area (Å²) in [7, 11) is 0. The quantitative estimate of drug-likeness (QED) is 0.809. The highest BCUT2D eigenvalue weighted by molar-refractivity contribution is 5.04. The average Bonchev–Trinajstić information content (AvgIpc) is 2.48. The fourth-order valence-corrected chi connectivity index (χ4v) is 3.82. The van der Waals surface area contributed by atoms with E-state index in [4.69, 9.17) is 10.5 Å². The van der Waals surface area contributed by atoms with Gasteiger partial charge in [-0.05, 0) is 53.0 Å². The Bertz CT molecular complexity index is 317. The summed E-state index contributed by atoms with van der Waals surface area (Å²) < 4.78 is 6.15. The molecule has 2 saturated heterocycles. The Morgan fingerprint density at radius 2 is 1.95 bits per heavy atom. The minimum absolute atomic E-state index is 0.0667. The van der Waals surface area contributed by atoms with Crippen LogP contribution in [0.3, 0.4) is 0 Å². The van der Waals surface area contributed by atoms with Gasteiger partial charge in [0.15, 0.2) is 0 Å². The molecule has 2 fully saturated rings. The van der Waals surface area contributed by atoms with E-state index in [0.717, 1.165) is 26.1 Å². The predicted molar refractivity (Wildman–Crippen MR) is 77.0 cm³/mol. The van der Waals surface area contributed by atoms with Crippen LogP contribution in [-0.4, -0.2) is 53.5 Å². The number of aliphatic hydroxyl groups is 1. The summed E-state index contributed by atoms with van der Waals surface area (Å²) in [5.74, 6) is 0.781. The van der Waals surface area contributed by atoms with E-state index in [1.54, 1.807) is 0 Å². The lowest BCUT2D eigenvalue weighted by molar-refractivity contribution is -0.0792. The number of aliphatic hydroxyl groups excluding tert-OH is 1. The Balaban J connectivity index is 2.01. The van der Waals surface area contributed by atoms with Crippen molar-refractivity contribution >= 4 is 0 Å². The summed E-state index contributed by atoms with van der Waals surface area (Å²) in [4.78, 5) is 2.46. The summed E-state index contributed by atoms with van der Waals surface area (Å²) in [6, 6.07) is 0.0667. The Kier molecular flexibility index (Phi) is 4.26. The molecule has 2 heterocycles. The van der Waals surface area contributed by atoms with Crippen molar-refractivity contribution in [1.29, 1.82) is 0 Å². The lowest BCUT2D eigenvalue weighted by Crippen LogP contribution is -2.50. The first-order valence-electron chi connectivity index (χ1n) is 7.55. The van der Waals surface area contributed by atoms with Crippen LogP contribution >= 0.6 is 0 Å². The summed E-state index contributed by atoms with van der Waals surface area (Å²) in [6.07, 6.45) is 2.33. The number of nitrogens with zero attached hydrogens (tertiary/aromatic N) is 1. The standard InChI is InChI=1S/C15H30N2O2/c1-14(2)12(13(16)15(3,4)19-14)9-17-7-5-6-11(8-17)10-18/h11-13,18H,5-10,16H2,1-4H3. The van der Waals surface area contributed by atoms with E-state index in [0.29, 0.717) is 18.4 Å². The highest BCUT2D eigenvalue weighted by Gasteiger charge is 2.52. The maximum atomic E-state index is 9.33. The molecule has 0 aromatic carbocycles. The van der Waals surface area contributed by atoms with Crippen molar-refractivity contribution in [2.75, 3.05) is 26.2 Å². The molecule has 19 heavy (non-hydrogen) atoms. The lowest BCUT2D eigenvalue weighted by Gasteiger charge is -2.37. The first-order chi connectivity index (χ1) is 8.76. The van der Waals surface area contributed by atoms with Gasteiger partial charge in [0.2, 0.25) is 0 Å².